The van der Waals surface area contributed by atoms with Crippen molar-refractivity contribution < 1.29 is 9.53 Å². The molecule has 1 N–H and O–H groups in total. The molecule has 1 aliphatic rings. The number of rotatable bonds is 8. The van der Waals surface area contributed by atoms with E-state index in [0.29, 0.717) is 35.0 Å². The average Bonchev–Trinajstić information content (AvgIpc) is 3.49. The number of anilines is 3. The number of fused-ring (bicyclic) bond motifs is 1. The molecule has 0 bridgehead atoms. The molecule has 39 heavy (non-hydrogen) atoms. The number of nitrogens with one attached hydrogen (secondary N) is 1. The molecule has 3 heterocycles. The van der Waals surface area contributed by atoms with Gasteiger partial charge in [0.05, 0.1) is 30.3 Å². The maximum absolute atomic E-state index is 13.2. The maximum atomic E-state index is 13.2. The fourth-order valence-corrected chi connectivity index (χ4v) is 4.57. The topological polar surface area (TPSA) is 117 Å². The third-order valence-electron chi connectivity index (χ3n) is 7.24. The first-order valence-corrected chi connectivity index (χ1v) is 12.9. The second kappa shape index (κ2) is 10.8. The van der Waals surface area contributed by atoms with Crippen molar-refractivity contribution in [1.29, 1.82) is 5.26 Å². The Kier molecular flexibility index (Phi) is 7.22. The number of hydrogen-bond donors (Lipinski definition) is 1. The van der Waals surface area contributed by atoms with E-state index in [1.54, 1.807) is 12.3 Å². The number of ether oxygens (including phenoxy) is 1. The zero-order valence-corrected chi connectivity index (χ0v) is 22.6. The molecule has 4 aromatic rings. The molecule has 1 aliphatic heterocycles. The molecule has 0 spiro atoms. The summed E-state index contributed by atoms with van der Waals surface area (Å²) < 4.78 is 5.52. The highest BCUT2D eigenvalue weighted by Gasteiger charge is 2.23. The van der Waals surface area contributed by atoms with Crippen LogP contribution in [-0.2, 0) is 16.6 Å². The summed E-state index contributed by atoms with van der Waals surface area (Å²) in [6, 6.07) is 15.8. The second-order valence-corrected chi connectivity index (χ2v) is 10.4. The van der Waals surface area contributed by atoms with Gasteiger partial charge in [0.1, 0.15) is 17.4 Å². The molecule has 0 saturated carbocycles. The van der Waals surface area contributed by atoms with E-state index in [-0.39, 0.29) is 18.2 Å². The van der Waals surface area contributed by atoms with Gasteiger partial charge in [-0.15, -0.1) is 0 Å². The standard InChI is InChI=1S/C30H31N7O2/c1-19-8-9-20(13-26(38)21-6-5-7-22(14-21)30(2,3)17-31)12-24(19)35-28-27-25(33-18-34-28)15-32-29(36-27)37(4)23-10-11-39-16-23/h5-9,12,14-15,18,23H,10-11,13,16H2,1-4H3,(H,33,34,35). The fourth-order valence-electron chi connectivity index (χ4n) is 4.57. The number of hydrogen-bond acceptors (Lipinski definition) is 9. The number of Topliss-reactive ketones (excluding diaryl/α,β-unsaturated/α-hetero) is 1. The van der Waals surface area contributed by atoms with E-state index < -0.39 is 5.41 Å². The van der Waals surface area contributed by atoms with Crippen LogP contribution in [-0.4, -0.2) is 52.0 Å². The lowest BCUT2D eigenvalue weighted by Crippen LogP contribution is -2.33. The van der Waals surface area contributed by atoms with E-state index >= 15 is 0 Å². The molecule has 0 radical (unpaired) electrons. The van der Waals surface area contributed by atoms with E-state index in [2.05, 4.69) is 26.3 Å². The number of aromatic nitrogens is 4. The molecule has 0 amide bonds. The summed E-state index contributed by atoms with van der Waals surface area (Å²) in [5, 5.41) is 12.9. The van der Waals surface area contributed by atoms with Crippen molar-refractivity contribution in [1.82, 2.24) is 19.9 Å². The van der Waals surface area contributed by atoms with Gasteiger partial charge in [0, 0.05) is 31.3 Å². The lowest BCUT2D eigenvalue weighted by molar-refractivity contribution is 0.0993. The Hall–Kier alpha value is -4.42. The maximum Gasteiger partial charge on any atom is 0.226 e. The van der Waals surface area contributed by atoms with Gasteiger partial charge in [-0.1, -0.05) is 30.3 Å². The normalized spacial score (nSPS) is 15.2. The Morgan fingerprint density at radius 3 is 2.82 bits per heavy atom. The van der Waals surface area contributed by atoms with Crippen LogP contribution in [0.3, 0.4) is 0 Å². The van der Waals surface area contributed by atoms with Crippen molar-refractivity contribution in [3.63, 3.8) is 0 Å². The fraction of sp³-hybridized carbons (Fsp3) is 0.333. The van der Waals surface area contributed by atoms with Crippen molar-refractivity contribution >= 4 is 34.3 Å². The first-order valence-electron chi connectivity index (χ1n) is 12.9. The zero-order chi connectivity index (χ0) is 27.6. The molecule has 0 aliphatic carbocycles. The van der Waals surface area contributed by atoms with Crippen LogP contribution in [0.4, 0.5) is 17.5 Å². The minimum absolute atomic E-state index is 0.0100. The van der Waals surface area contributed by atoms with Crippen LogP contribution in [0, 0.1) is 18.3 Å². The largest absolute Gasteiger partial charge is 0.379 e. The van der Waals surface area contributed by atoms with E-state index in [0.717, 1.165) is 35.4 Å². The first kappa shape index (κ1) is 26.2. The number of benzene rings is 2. The Balaban J connectivity index is 1.40. The van der Waals surface area contributed by atoms with Crippen LogP contribution >= 0.6 is 0 Å². The molecule has 1 unspecified atom stereocenters. The van der Waals surface area contributed by atoms with Gasteiger partial charge in [-0.25, -0.2) is 19.9 Å². The summed E-state index contributed by atoms with van der Waals surface area (Å²) in [5.41, 5.74) is 4.71. The number of carbonyl (C=O) groups excluding carboxylic acids is 1. The van der Waals surface area contributed by atoms with Crippen LogP contribution in [0.5, 0.6) is 0 Å². The van der Waals surface area contributed by atoms with E-state index in [1.807, 2.05) is 69.1 Å². The Labute approximate surface area is 227 Å². The number of nitrogens with zero attached hydrogens (tertiary/aromatic N) is 6. The van der Waals surface area contributed by atoms with Crippen molar-refractivity contribution in [2.45, 2.75) is 45.1 Å². The van der Waals surface area contributed by atoms with Crippen molar-refractivity contribution in [2.75, 3.05) is 30.5 Å². The minimum atomic E-state index is -0.666. The SMILES string of the molecule is Cc1ccc(CC(=O)c2cccc(C(C)(C)C#N)c2)cc1Nc1ncnc2cnc(N(C)C3CCOC3)nc12. The minimum Gasteiger partial charge on any atom is -0.379 e. The van der Waals surface area contributed by atoms with Gasteiger partial charge in [-0.3, -0.25) is 4.79 Å². The first-order chi connectivity index (χ1) is 18.7. The number of carbonyl (C=O) groups is 1. The predicted molar refractivity (Wildman–Crippen MR) is 150 cm³/mol. The van der Waals surface area contributed by atoms with Crippen LogP contribution < -0.4 is 10.2 Å². The van der Waals surface area contributed by atoms with Crippen molar-refractivity contribution in [3.05, 3.63) is 77.2 Å². The van der Waals surface area contributed by atoms with Gasteiger partial charge in [0.2, 0.25) is 5.95 Å². The van der Waals surface area contributed by atoms with Gasteiger partial charge in [0.15, 0.2) is 11.6 Å². The molecule has 9 heteroatoms. The Morgan fingerprint density at radius 1 is 1.21 bits per heavy atom. The van der Waals surface area contributed by atoms with Crippen molar-refractivity contribution in [2.24, 2.45) is 0 Å². The highest BCUT2D eigenvalue weighted by molar-refractivity contribution is 5.98. The molecule has 5 rings (SSSR count). The second-order valence-electron chi connectivity index (χ2n) is 10.4. The average molecular weight is 522 g/mol. The molecule has 2 aromatic carbocycles. The molecule has 1 fully saturated rings. The lowest BCUT2D eigenvalue weighted by Gasteiger charge is -2.23. The summed E-state index contributed by atoms with van der Waals surface area (Å²) in [6.07, 6.45) is 4.36. The summed E-state index contributed by atoms with van der Waals surface area (Å²) in [7, 11) is 1.97. The molecule has 198 valence electrons. The summed E-state index contributed by atoms with van der Waals surface area (Å²) in [6.45, 7) is 7.08. The van der Waals surface area contributed by atoms with Crippen LogP contribution in [0.2, 0.25) is 0 Å². The lowest BCUT2D eigenvalue weighted by atomic mass is 9.85. The quantitative estimate of drug-likeness (QED) is 0.322. The summed E-state index contributed by atoms with van der Waals surface area (Å²) in [4.78, 5) is 33.3. The van der Waals surface area contributed by atoms with Gasteiger partial charge < -0.3 is 15.0 Å². The summed E-state index contributed by atoms with van der Waals surface area (Å²) >= 11 is 0. The van der Waals surface area contributed by atoms with Crippen LogP contribution in [0.1, 0.15) is 47.3 Å². The number of ketones is 1. The Morgan fingerprint density at radius 2 is 2.05 bits per heavy atom. The van der Waals surface area contributed by atoms with Gasteiger partial charge in [0.25, 0.3) is 0 Å². The van der Waals surface area contributed by atoms with Crippen molar-refractivity contribution in [3.8, 4) is 6.07 Å². The van der Waals surface area contributed by atoms with Gasteiger partial charge >= 0.3 is 0 Å². The Bertz CT molecular complexity index is 1570. The molecule has 9 nitrogen and oxygen atoms in total. The van der Waals surface area contributed by atoms with Gasteiger partial charge in [-0.2, -0.15) is 5.26 Å². The smallest absolute Gasteiger partial charge is 0.226 e. The highest BCUT2D eigenvalue weighted by atomic mass is 16.5. The van der Waals surface area contributed by atoms with Gasteiger partial charge in [-0.05, 0) is 56.0 Å². The number of likely N-dealkylation sites (N-methyl/N-ethyl adjacent to an activating group) is 1. The van der Waals surface area contributed by atoms with Crippen LogP contribution in [0.15, 0.2) is 55.0 Å². The molecular weight excluding hydrogens is 490 g/mol. The monoisotopic (exact) mass is 521 g/mol. The highest BCUT2D eigenvalue weighted by Crippen LogP contribution is 2.28. The molecule has 1 atom stereocenters. The summed E-state index contributed by atoms with van der Waals surface area (Å²) in [5.74, 6) is 1.15. The molecule has 1 saturated heterocycles. The number of nitriles is 1. The molecular formula is C30H31N7O2. The number of aryl methyl sites for hydroxylation is 1. The third kappa shape index (κ3) is 5.56. The van der Waals surface area contributed by atoms with Crippen LogP contribution in [0.25, 0.3) is 11.0 Å². The third-order valence-corrected chi connectivity index (χ3v) is 7.24. The zero-order valence-electron chi connectivity index (χ0n) is 22.6. The van der Waals surface area contributed by atoms with E-state index in [4.69, 9.17) is 9.72 Å². The predicted octanol–water partition coefficient (Wildman–Crippen LogP) is 4.92. The molecule has 2 aromatic heterocycles. The van der Waals surface area contributed by atoms with E-state index in [1.165, 1.54) is 6.33 Å². The van der Waals surface area contributed by atoms with E-state index in [9.17, 15) is 10.1 Å².